The second-order valence-corrected chi connectivity index (χ2v) is 5.87. The maximum atomic E-state index is 12.2. The summed E-state index contributed by atoms with van der Waals surface area (Å²) in [5, 5.41) is 14.4. The number of carbonyl (C=O) groups is 2. The van der Waals surface area contributed by atoms with Gasteiger partial charge in [-0.25, -0.2) is 0 Å². The van der Waals surface area contributed by atoms with Gasteiger partial charge in [0.2, 0.25) is 5.91 Å². The summed E-state index contributed by atoms with van der Waals surface area (Å²) >= 11 is 0. The number of H-pyrrole nitrogens is 1. The summed E-state index contributed by atoms with van der Waals surface area (Å²) in [7, 11) is 1.55. The molecule has 0 aliphatic rings. The minimum atomic E-state index is -0.410. The molecule has 1 heterocycles. The zero-order valence-electron chi connectivity index (χ0n) is 14.9. The molecule has 2 aromatic rings. The predicted octanol–water partition coefficient (Wildman–Crippen LogP) is 1.79. The summed E-state index contributed by atoms with van der Waals surface area (Å²) in [5.41, 5.74) is 2.84. The first kappa shape index (κ1) is 18.9. The van der Waals surface area contributed by atoms with Crippen molar-refractivity contribution >= 4 is 17.5 Å². The Morgan fingerprint density at radius 2 is 1.85 bits per heavy atom. The standard InChI is InChI=1S/C19H20N4O3/c1-11-15(12(2)22-19(26)16(11)10-20)8-9-17(24)23-14-6-4-13(5-7-14)18(25)21-3/h4-7H,8-9H2,1-3H3,(H,21,25)(H,22,26)(H,23,24). The molecule has 0 spiro atoms. The molecule has 0 saturated heterocycles. The highest BCUT2D eigenvalue weighted by Gasteiger charge is 2.13. The van der Waals surface area contributed by atoms with E-state index >= 15 is 0 Å². The number of nitriles is 1. The SMILES string of the molecule is CNC(=O)c1ccc(NC(=O)CCc2c(C)[nH]c(=O)c(C#N)c2C)cc1. The van der Waals surface area contributed by atoms with Crippen molar-refractivity contribution in [2.75, 3.05) is 12.4 Å². The zero-order valence-corrected chi connectivity index (χ0v) is 14.9. The molecule has 2 rings (SSSR count). The number of anilines is 1. The van der Waals surface area contributed by atoms with Gasteiger partial charge in [-0.15, -0.1) is 0 Å². The van der Waals surface area contributed by atoms with E-state index in [2.05, 4.69) is 15.6 Å². The van der Waals surface area contributed by atoms with Crippen molar-refractivity contribution in [1.29, 1.82) is 5.26 Å². The Morgan fingerprint density at radius 3 is 2.42 bits per heavy atom. The van der Waals surface area contributed by atoms with Crippen LogP contribution in [0, 0.1) is 25.2 Å². The third-order valence-corrected chi connectivity index (χ3v) is 4.18. The number of pyridine rings is 1. The van der Waals surface area contributed by atoms with Crippen LogP contribution < -0.4 is 16.2 Å². The van der Waals surface area contributed by atoms with Gasteiger partial charge in [0.25, 0.3) is 11.5 Å². The Hall–Kier alpha value is -3.40. The maximum absolute atomic E-state index is 12.2. The third-order valence-electron chi connectivity index (χ3n) is 4.18. The molecule has 0 radical (unpaired) electrons. The number of rotatable bonds is 5. The van der Waals surface area contributed by atoms with Crippen LogP contribution in [0.1, 0.15) is 39.2 Å². The molecule has 7 heteroatoms. The molecule has 0 aliphatic carbocycles. The molecule has 0 aliphatic heterocycles. The normalized spacial score (nSPS) is 10.1. The van der Waals surface area contributed by atoms with E-state index in [4.69, 9.17) is 5.26 Å². The first-order valence-corrected chi connectivity index (χ1v) is 8.11. The minimum absolute atomic E-state index is 0.0794. The number of hydrogen-bond donors (Lipinski definition) is 3. The molecule has 1 aromatic heterocycles. The van der Waals surface area contributed by atoms with Gasteiger partial charge in [-0.05, 0) is 55.7 Å². The predicted molar refractivity (Wildman–Crippen MR) is 98.0 cm³/mol. The van der Waals surface area contributed by atoms with Gasteiger partial charge in [0, 0.05) is 30.4 Å². The second-order valence-electron chi connectivity index (χ2n) is 5.87. The van der Waals surface area contributed by atoms with E-state index in [-0.39, 0.29) is 23.8 Å². The number of amides is 2. The molecule has 26 heavy (non-hydrogen) atoms. The Morgan fingerprint density at radius 1 is 1.19 bits per heavy atom. The van der Waals surface area contributed by atoms with Gasteiger partial charge in [-0.2, -0.15) is 5.26 Å². The lowest BCUT2D eigenvalue weighted by atomic mass is 9.99. The highest BCUT2D eigenvalue weighted by molar-refractivity contribution is 5.95. The molecule has 0 saturated carbocycles. The molecular weight excluding hydrogens is 332 g/mol. The summed E-state index contributed by atoms with van der Waals surface area (Å²) in [5.74, 6) is -0.388. The van der Waals surface area contributed by atoms with Gasteiger partial charge in [-0.3, -0.25) is 14.4 Å². The summed E-state index contributed by atoms with van der Waals surface area (Å²) in [6.45, 7) is 3.46. The quantitative estimate of drug-likeness (QED) is 0.761. The number of nitrogens with zero attached hydrogens (tertiary/aromatic N) is 1. The molecular formula is C19H20N4O3. The average molecular weight is 352 g/mol. The minimum Gasteiger partial charge on any atom is -0.355 e. The Bertz CT molecular complexity index is 937. The van der Waals surface area contributed by atoms with Crippen LogP contribution in [0.4, 0.5) is 5.69 Å². The van der Waals surface area contributed by atoms with Crippen molar-refractivity contribution < 1.29 is 9.59 Å². The fraction of sp³-hybridized carbons (Fsp3) is 0.263. The molecule has 1 aromatic carbocycles. The van der Waals surface area contributed by atoms with Gasteiger partial charge < -0.3 is 15.6 Å². The topological polar surface area (TPSA) is 115 Å². The lowest BCUT2D eigenvalue weighted by Crippen LogP contribution is -2.19. The van der Waals surface area contributed by atoms with E-state index in [1.165, 1.54) is 0 Å². The van der Waals surface area contributed by atoms with Crippen LogP contribution in [0.3, 0.4) is 0 Å². The molecule has 134 valence electrons. The first-order chi connectivity index (χ1) is 12.4. The molecule has 0 unspecified atom stereocenters. The summed E-state index contributed by atoms with van der Waals surface area (Å²) < 4.78 is 0. The highest BCUT2D eigenvalue weighted by Crippen LogP contribution is 2.16. The van der Waals surface area contributed by atoms with E-state index in [1.807, 2.05) is 6.07 Å². The van der Waals surface area contributed by atoms with Crippen molar-refractivity contribution in [2.24, 2.45) is 0 Å². The zero-order chi connectivity index (χ0) is 19.3. The van der Waals surface area contributed by atoms with Gasteiger partial charge in [0.05, 0.1) is 0 Å². The van der Waals surface area contributed by atoms with Crippen LogP contribution in [-0.4, -0.2) is 23.8 Å². The largest absolute Gasteiger partial charge is 0.355 e. The van der Waals surface area contributed by atoms with E-state index in [0.29, 0.717) is 28.9 Å². The smallest absolute Gasteiger partial charge is 0.266 e. The third kappa shape index (κ3) is 4.16. The van der Waals surface area contributed by atoms with Crippen molar-refractivity contribution in [3.05, 3.63) is 62.6 Å². The fourth-order valence-corrected chi connectivity index (χ4v) is 2.73. The van der Waals surface area contributed by atoms with E-state index in [1.54, 1.807) is 45.2 Å². The number of aryl methyl sites for hydroxylation is 1. The van der Waals surface area contributed by atoms with Crippen LogP contribution in [0.2, 0.25) is 0 Å². The van der Waals surface area contributed by atoms with Gasteiger partial charge in [-0.1, -0.05) is 0 Å². The summed E-state index contributed by atoms with van der Waals surface area (Å²) in [6.07, 6.45) is 0.612. The number of aromatic nitrogens is 1. The van der Waals surface area contributed by atoms with Gasteiger partial charge in [0.15, 0.2) is 0 Å². The van der Waals surface area contributed by atoms with Crippen molar-refractivity contribution in [3.8, 4) is 6.07 Å². The van der Waals surface area contributed by atoms with Crippen LogP contribution in [0.15, 0.2) is 29.1 Å². The monoisotopic (exact) mass is 352 g/mol. The molecule has 3 N–H and O–H groups in total. The lowest BCUT2D eigenvalue weighted by Gasteiger charge is -2.11. The number of aromatic amines is 1. The van der Waals surface area contributed by atoms with E-state index in [9.17, 15) is 14.4 Å². The van der Waals surface area contributed by atoms with Crippen LogP contribution >= 0.6 is 0 Å². The van der Waals surface area contributed by atoms with E-state index < -0.39 is 5.56 Å². The van der Waals surface area contributed by atoms with Gasteiger partial charge >= 0.3 is 0 Å². The number of hydrogen-bond acceptors (Lipinski definition) is 4. The molecule has 0 atom stereocenters. The second kappa shape index (κ2) is 8.12. The van der Waals surface area contributed by atoms with Gasteiger partial charge in [0.1, 0.15) is 11.6 Å². The van der Waals surface area contributed by atoms with Crippen LogP contribution in [0.25, 0.3) is 0 Å². The number of carbonyl (C=O) groups excluding carboxylic acids is 2. The van der Waals surface area contributed by atoms with Crippen LogP contribution in [0.5, 0.6) is 0 Å². The average Bonchev–Trinajstić information content (AvgIpc) is 2.61. The summed E-state index contributed by atoms with van der Waals surface area (Å²) in [6, 6.07) is 8.48. The molecule has 0 fully saturated rings. The lowest BCUT2D eigenvalue weighted by molar-refractivity contribution is -0.116. The van der Waals surface area contributed by atoms with Crippen molar-refractivity contribution in [3.63, 3.8) is 0 Å². The number of benzene rings is 1. The molecule has 0 bridgehead atoms. The Kier molecular flexibility index (Phi) is 5.91. The molecule has 2 amide bonds. The van der Waals surface area contributed by atoms with Crippen molar-refractivity contribution in [1.82, 2.24) is 10.3 Å². The highest BCUT2D eigenvalue weighted by atomic mass is 16.2. The van der Waals surface area contributed by atoms with Crippen LogP contribution in [-0.2, 0) is 11.2 Å². The first-order valence-electron chi connectivity index (χ1n) is 8.11. The molecule has 7 nitrogen and oxygen atoms in total. The fourth-order valence-electron chi connectivity index (χ4n) is 2.73. The van der Waals surface area contributed by atoms with Crippen molar-refractivity contribution in [2.45, 2.75) is 26.7 Å². The number of nitrogens with one attached hydrogen (secondary N) is 3. The van der Waals surface area contributed by atoms with E-state index in [0.717, 1.165) is 5.56 Å². The Balaban J connectivity index is 2.05. The summed E-state index contributed by atoms with van der Waals surface area (Å²) in [4.78, 5) is 38.1. The Labute approximate surface area is 151 Å². The maximum Gasteiger partial charge on any atom is 0.266 e.